The molecule has 16 heavy (non-hydrogen) atoms. The van der Waals surface area contributed by atoms with Gasteiger partial charge in [-0.3, -0.25) is 4.79 Å². The number of ether oxygens (including phenoxy) is 1. The number of Topliss-reactive ketones (excluding diaryl/α,β-unsaturated/α-hetero) is 1. The lowest BCUT2D eigenvalue weighted by molar-refractivity contribution is -0.126. The maximum Gasteiger partial charge on any atom is 0.165 e. The molecule has 1 aromatic rings. The van der Waals surface area contributed by atoms with Crippen LogP contribution in [0.1, 0.15) is 24.5 Å². The smallest absolute Gasteiger partial charge is 0.165 e. The quantitative estimate of drug-likeness (QED) is 0.827. The standard InChI is InChI=1S/C13H18O3/c1-4-11(14)12(15)8-10-7-9(2)5-6-13(10)16-3/h5-7,11,14H,4,8H2,1-3H3. The van der Waals surface area contributed by atoms with Crippen LogP contribution in [0.3, 0.4) is 0 Å². The predicted octanol–water partition coefficient (Wildman–Crippen LogP) is 1.89. The maximum absolute atomic E-state index is 11.6. The van der Waals surface area contributed by atoms with Gasteiger partial charge in [-0.1, -0.05) is 24.6 Å². The van der Waals surface area contributed by atoms with Crippen molar-refractivity contribution in [3.8, 4) is 5.75 Å². The molecule has 0 spiro atoms. The summed E-state index contributed by atoms with van der Waals surface area (Å²) in [6, 6.07) is 5.69. The van der Waals surface area contributed by atoms with Crippen molar-refractivity contribution in [1.29, 1.82) is 0 Å². The first kappa shape index (κ1) is 12.7. The first-order chi connectivity index (χ1) is 7.58. The summed E-state index contributed by atoms with van der Waals surface area (Å²) >= 11 is 0. The molecule has 0 aliphatic heterocycles. The van der Waals surface area contributed by atoms with Crippen molar-refractivity contribution >= 4 is 5.78 Å². The molecule has 1 atom stereocenters. The van der Waals surface area contributed by atoms with E-state index < -0.39 is 6.10 Å². The highest BCUT2D eigenvalue weighted by atomic mass is 16.5. The van der Waals surface area contributed by atoms with E-state index in [1.165, 1.54) is 0 Å². The molecule has 1 unspecified atom stereocenters. The van der Waals surface area contributed by atoms with Crippen LogP contribution < -0.4 is 4.74 Å². The zero-order valence-corrected chi connectivity index (χ0v) is 9.99. The van der Waals surface area contributed by atoms with Crippen LogP contribution in [0.25, 0.3) is 0 Å². The number of benzene rings is 1. The summed E-state index contributed by atoms with van der Waals surface area (Å²) in [6.07, 6.45) is -0.197. The Hall–Kier alpha value is -1.35. The molecule has 1 N–H and O–H groups in total. The van der Waals surface area contributed by atoms with Gasteiger partial charge < -0.3 is 9.84 Å². The third-order valence-electron chi connectivity index (χ3n) is 2.56. The van der Waals surface area contributed by atoms with Crippen LogP contribution in [0.15, 0.2) is 18.2 Å². The molecule has 0 radical (unpaired) electrons. The van der Waals surface area contributed by atoms with Crippen LogP contribution in [0.2, 0.25) is 0 Å². The molecule has 1 rings (SSSR count). The van der Waals surface area contributed by atoms with Crippen molar-refractivity contribution in [2.75, 3.05) is 7.11 Å². The first-order valence-electron chi connectivity index (χ1n) is 5.42. The molecule has 3 nitrogen and oxygen atoms in total. The van der Waals surface area contributed by atoms with Crippen LogP contribution in [-0.2, 0) is 11.2 Å². The Kier molecular flexibility index (Phi) is 4.50. The number of aryl methyl sites for hydroxylation is 1. The highest BCUT2D eigenvalue weighted by Crippen LogP contribution is 2.20. The van der Waals surface area contributed by atoms with Gasteiger partial charge in [0.2, 0.25) is 0 Å². The number of aliphatic hydroxyl groups is 1. The zero-order valence-electron chi connectivity index (χ0n) is 9.99. The third-order valence-corrected chi connectivity index (χ3v) is 2.56. The van der Waals surface area contributed by atoms with Crippen LogP contribution in [0, 0.1) is 6.92 Å². The Balaban J connectivity index is 2.87. The largest absolute Gasteiger partial charge is 0.496 e. The van der Waals surface area contributed by atoms with Crippen molar-refractivity contribution < 1.29 is 14.6 Å². The molecular weight excluding hydrogens is 204 g/mol. The Labute approximate surface area is 96.1 Å². The molecule has 0 aromatic heterocycles. The number of rotatable bonds is 5. The number of ketones is 1. The second-order valence-corrected chi connectivity index (χ2v) is 3.88. The molecule has 0 bridgehead atoms. The van der Waals surface area contributed by atoms with Crippen LogP contribution >= 0.6 is 0 Å². The molecule has 3 heteroatoms. The molecule has 0 fully saturated rings. The number of hydrogen-bond acceptors (Lipinski definition) is 3. The fourth-order valence-corrected chi connectivity index (χ4v) is 1.58. The van der Waals surface area contributed by atoms with E-state index in [-0.39, 0.29) is 12.2 Å². The minimum Gasteiger partial charge on any atom is -0.496 e. The predicted molar refractivity (Wildman–Crippen MR) is 62.7 cm³/mol. The molecule has 1 aromatic carbocycles. The van der Waals surface area contributed by atoms with E-state index >= 15 is 0 Å². The fraction of sp³-hybridized carbons (Fsp3) is 0.462. The highest BCUT2D eigenvalue weighted by molar-refractivity contribution is 5.85. The molecule has 0 saturated carbocycles. The Morgan fingerprint density at radius 2 is 2.19 bits per heavy atom. The Morgan fingerprint density at radius 3 is 2.75 bits per heavy atom. The normalized spacial score (nSPS) is 12.2. The number of hydrogen-bond donors (Lipinski definition) is 1. The molecule has 0 aliphatic carbocycles. The lowest BCUT2D eigenvalue weighted by atomic mass is 10.0. The number of aliphatic hydroxyl groups excluding tert-OH is 1. The molecule has 0 aliphatic rings. The number of methoxy groups -OCH3 is 1. The van der Waals surface area contributed by atoms with Gasteiger partial charge in [-0.25, -0.2) is 0 Å². The topological polar surface area (TPSA) is 46.5 Å². The van der Waals surface area contributed by atoms with Gasteiger partial charge in [0.05, 0.1) is 7.11 Å². The van der Waals surface area contributed by atoms with Crippen molar-refractivity contribution in [2.24, 2.45) is 0 Å². The van der Waals surface area contributed by atoms with E-state index in [0.29, 0.717) is 12.2 Å². The summed E-state index contributed by atoms with van der Waals surface area (Å²) in [4.78, 5) is 11.6. The lowest BCUT2D eigenvalue weighted by Gasteiger charge is -2.11. The molecule has 0 heterocycles. The summed E-state index contributed by atoms with van der Waals surface area (Å²) in [5.74, 6) is 0.536. The molecular formula is C13H18O3. The van der Waals surface area contributed by atoms with Gasteiger partial charge in [-0.2, -0.15) is 0 Å². The van der Waals surface area contributed by atoms with Crippen molar-refractivity contribution in [3.63, 3.8) is 0 Å². The van der Waals surface area contributed by atoms with Crippen molar-refractivity contribution in [3.05, 3.63) is 29.3 Å². The number of carbonyl (C=O) groups excluding carboxylic acids is 1. The lowest BCUT2D eigenvalue weighted by Crippen LogP contribution is -2.21. The zero-order chi connectivity index (χ0) is 12.1. The average Bonchev–Trinajstić information content (AvgIpc) is 2.28. The monoisotopic (exact) mass is 222 g/mol. The SMILES string of the molecule is CCC(O)C(=O)Cc1cc(C)ccc1OC. The summed E-state index contributed by atoms with van der Waals surface area (Å²) < 4.78 is 5.18. The van der Waals surface area contributed by atoms with E-state index in [1.807, 2.05) is 25.1 Å². The van der Waals surface area contributed by atoms with Crippen LogP contribution in [0.5, 0.6) is 5.75 Å². The summed E-state index contributed by atoms with van der Waals surface area (Å²) in [5, 5.41) is 9.43. The van der Waals surface area contributed by atoms with Gasteiger partial charge in [0, 0.05) is 12.0 Å². The van der Waals surface area contributed by atoms with Gasteiger partial charge in [0.25, 0.3) is 0 Å². The van der Waals surface area contributed by atoms with Gasteiger partial charge in [-0.15, -0.1) is 0 Å². The fourth-order valence-electron chi connectivity index (χ4n) is 1.58. The average molecular weight is 222 g/mol. The Morgan fingerprint density at radius 1 is 1.50 bits per heavy atom. The molecule has 88 valence electrons. The third kappa shape index (κ3) is 3.07. The second kappa shape index (κ2) is 5.66. The Bertz CT molecular complexity index is 371. The minimum absolute atomic E-state index is 0.161. The van der Waals surface area contributed by atoms with Crippen molar-refractivity contribution in [2.45, 2.75) is 32.8 Å². The summed E-state index contributed by atoms with van der Waals surface area (Å²) in [7, 11) is 1.58. The van der Waals surface area contributed by atoms with Gasteiger partial charge in [0.1, 0.15) is 11.9 Å². The van der Waals surface area contributed by atoms with E-state index in [9.17, 15) is 9.90 Å². The molecule has 0 saturated heterocycles. The number of carbonyl (C=O) groups is 1. The summed E-state index contributed by atoms with van der Waals surface area (Å²) in [5.41, 5.74) is 1.91. The minimum atomic E-state index is -0.870. The van der Waals surface area contributed by atoms with E-state index in [0.717, 1.165) is 11.1 Å². The van der Waals surface area contributed by atoms with Gasteiger partial charge in [0.15, 0.2) is 5.78 Å². The van der Waals surface area contributed by atoms with Gasteiger partial charge in [-0.05, 0) is 19.4 Å². The maximum atomic E-state index is 11.6. The van der Waals surface area contributed by atoms with Crippen LogP contribution in [-0.4, -0.2) is 24.1 Å². The summed E-state index contributed by atoms with van der Waals surface area (Å²) in [6.45, 7) is 3.75. The molecule has 0 amide bonds. The van der Waals surface area contributed by atoms with E-state index in [2.05, 4.69) is 0 Å². The van der Waals surface area contributed by atoms with Crippen molar-refractivity contribution in [1.82, 2.24) is 0 Å². The highest BCUT2D eigenvalue weighted by Gasteiger charge is 2.15. The van der Waals surface area contributed by atoms with E-state index in [4.69, 9.17) is 4.74 Å². The van der Waals surface area contributed by atoms with Gasteiger partial charge >= 0.3 is 0 Å². The second-order valence-electron chi connectivity index (χ2n) is 3.88. The first-order valence-corrected chi connectivity index (χ1v) is 5.42. The van der Waals surface area contributed by atoms with Crippen LogP contribution in [0.4, 0.5) is 0 Å². The van der Waals surface area contributed by atoms with E-state index in [1.54, 1.807) is 14.0 Å².